The van der Waals surface area contributed by atoms with E-state index in [0.29, 0.717) is 21.9 Å². The van der Waals surface area contributed by atoms with Gasteiger partial charge in [-0.1, -0.05) is 18.2 Å². The predicted molar refractivity (Wildman–Crippen MR) is 93.9 cm³/mol. The van der Waals surface area contributed by atoms with Crippen molar-refractivity contribution in [2.45, 2.75) is 0 Å². The molecule has 0 saturated heterocycles. The van der Waals surface area contributed by atoms with Crippen molar-refractivity contribution < 1.29 is 9.72 Å². The van der Waals surface area contributed by atoms with E-state index in [1.165, 1.54) is 34.8 Å². The number of nitro benzene ring substituents is 1. The second-order valence-corrected chi connectivity index (χ2v) is 6.77. The number of rotatable bonds is 4. The summed E-state index contributed by atoms with van der Waals surface area (Å²) in [5, 5.41) is 14.8. The Kier molecular flexibility index (Phi) is 3.47. The highest BCUT2D eigenvalue weighted by Crippen LogP contribution is 2.34. The first-order valence-corrected chi connectivity index (χ1v) is 8.69. The van der Waals surface area contributed by atoms with E-state index in [9.17, 15) is 14.9 Å². The maximum atomic E-state index is 11.7. The number of hydrogen-bond donors (Lipinski definition) is 0. The highest BCUT2D eigenvalue weighted by atomic mass is 32.1. The minimum absolute atomic E-state index is 0.0121. The van der Waals surface area contributed by atoms with Crippen molar-refractivity contribution in [2.24, 2.45) is 0 Å². The number of thiazole rings is 1. The molecule has 0 saturated carbocycles. The van der Waals surface area contributed by atoms with Crippen molar-refractivity contribution in [2.75, 3.05) is 0 Å². The van der Waals surface area contributed by atoms with E-state index < -0.39 is 4.92 Å². The molecular weight excluding hydrogens is 346 g/mol. The van der Waals surface area contributed by atoms with Crippen LogP contribution in [0.2, 0.25) is 0 Å². The number of aldehydes is 1. The third-order valence-electron chi connectivity index (χ3n) is 3.62. The van der Waals surface area contributed by atoms with Crippen molar-refractivity contribution in [3.05, 3.63) is 63.0 Å². The van der Waals surface area contributed by atoms with Gasteiger partial charge >= 0.3 is 0 Å². The number of carbonyl (C=O) groups excluding carboxylic acids is 1. The van der Waals surface area contributed by atoms with Crippen molar-refractivity contribution >= 4 is 39.6 Å². The molecule has 0 bridgehead atoms. The van der Waals surface area contributed by atoms with Gasteiger partial charge < -0.3 is 0 Å². The monoisotopic (exact) mass is 355 g/mol. The van der Waals surface area contributed by atoms with E-state index in [-0.39, 0.29) is 5.69 Å². The van der Waals surface area contributed by atoms with Crippen molar-refractivity contribution in [3.8, 4) is 21.8 Å². The summed E-state index contributed by atoms with van der Waals surface area (Å²) in [6.07, 6.45) is 0.780. The Labute approximate surface area is 143 Å². The Morgan fingerprint density at radius 1 is 1.21 bits per heavy atom. The van der Waals surface area contributed by atoms with Crippen LogP contribution in [0.4, 0.5) is 5.69 Å². The van der Waals surface area contributed by atoms with Crippen LogP contribution in [0.15, 0.2) is 47.2 Å². The molecule has 0 fully saturated rings. The second kappa shape index (κ2) is 5.66. The fourth-order valence-electron chi connectivity index (χ4n) is 2.56. The largest absolute Gasteiger partial charge is 0.296 e. The van der Waals surface area contributed by atoms with Crippen LogP contribution in [0.25, 0.3) is 26.8 Å². The molecule has 118 valence electrons. The maximum Gasteiger partial charge on any atom is 0.270 e. The SMILES string of the molecule is O=Cc1c(-c2cccs2)nc2scc(-c3cccc([N+](=O)[O-])c3)n12. The van der Waals surface area contributed by atoms with Crippen LogP contribution in [0, 0.1) is 10.1 Å². The molecule has 0 aliphatic rings. The Balaban J connectivity index is 1.96. The van der Waals surface area contributed by atoms with Gasteiger partial charge in [0.2, 0.25) is 0 Å². The molecular formula is C16H9N3O3S2. The van der Waals surface area contributed by atoms with Crippen LogP contribution in [-0.4, -0.2) is 20.6 Å². The topological polar surface area (TPSA) is 77.5 Å². The number of hydrogen-bond acceptors (Lipinski definition) is 6. The van der Waals surface area contributed by atoms with Gasteiger partial charge in [-0.3, -0.25) is 19.3 Å². The highest BCUT2D eigenvalue weighted by Gasteiger charge is 2.19. The van der Waals surface area contributed by atoms with Gasteiger partial charge in [-0.05, 0) is 11.4 Å². The zero-order valence-corrected chi connectivity index (χ0v) is 13.7. The minimum Gasteiger partial charge on any atom is -0.296 e. The molecule has 0 aliphatic heterocycles. The number of aromatic nitrogens is 2. The number of fused-ring (bicyclic) bond motifs is 1. The molecule has 0 N–H and O–H groups in total. The summed E-state index contributed by atoms with van der Waals surface area (Å²) in [6.45, 7) is 0. The zero-order chi connectivity index (χ0) is 16.7. The minimum atomic E-state index is -0.432. The van der Waals surface area contributed by atoms with E-state index in [1.807, 2.05) is 22.9 Å². The van der Waals surface area contributed by atoms with Gasteiger partial charge in [0.1, 0.15) is 11.4 Å². The number of carbonyl (C=O) groups is 1. The van der Waals surface area contributed by atoms with E-state index in [1.54, 1.807) is 16.5 Å². The lowest BCUT2D eigenvalue weighted by atomic mass is 10.1. The lowest BCUT2D eigenvalue weighted by Crippen LogP contribution is -1.94. The van der Waals surface area contributed by atoms with Crippen LogP contribution >= 0.6 is 22.7 Å². The van der Waals surface area contributed by atoms with Crippen LogP contribution in [0.1, 0.15) is 10.5 Å². The number of imidazole rings is 1. The third-order valence-corrected chi connectivity index (χ3v) is 5.32. The van der Waals surface area contributed by atoms with E-state index in [2.05, 4.69) is 4.98 Å². The molecule has 3 aromatic heterocycles. The summed E-state index contributed by atoms with van der Waals surface area (Å²) < 4.78 is 1.76. The lowest BCUT2D eigenvalue weighted by Gasteiger charge is -2.02. The van der Waals surface area contributed by atoms with Gasteiger partial charge in [-0.15, -0.1) is 22.7 Å². The van der Waals surface area contributed by atoms with Crippen molar-refractivity contribution in [1.29, 1.82) is 0 Å². The lowest BCUT2D eigenvalue weighted by molar-refractivity contribution is -0.384. The van der Waals surface area contributed by atoms with Crippen LogP contribution in [0.5, 0.6) is 0 Å². The van der Waals surface area contributed by atoms with Gasteiger partial charge in [0, 0.05) is 23.1 Å². The Morgan fingerprint density at radius 3 is 2.79 bits per heavy atom. The van der Waals surface area contributed by atoms with Gasteiger partial charge in [0.05, 0.1) is 15.5 Å². The molecule has 3 heterocycles. The van der Waals surface area contributed by atoms with E-state index in [4.69, 9.17) is 0 Å². The number of thiophene rings is 1. The molecule has 0 spiro atoms. The molecule has 24 heavy (non-hydrogen) atoms. The fraction of sp³-hybridized carbons (Fsp3) is 0. The molecule has 4 rings (SSSR count). The standard InChI is InChI=1S/C16H9N3O3S2/c20-8-12-15(14-5-2-6-23-14)17-16-18(12)13(9-24-16)10-3-1-4-11(7-10)19(21)22/h1-9H. The van der Waals surface area contributed by atoms with E-state index >= 15 is 0 Å². The summed E-state index contributed by atoms with van der Waals surface area (Å²) in [4.78, 5) is 28.4. The molecule has 0 unspecified atom stereocenters. The van der Waals surface area contributed by atoms with Gasteiger partial charge in [-0.25, -0.2) is 4.98 Å². The normalized spacial score (nSPS) is 11.0. The average molecular weight is 355 g/mol. The first-order valence-electron chi connectivity index (χ1n) is 6.93. The first-order chi connectivity index (χ1) is 11.7. The van der Waals surface area contributed by atoms with Crippen LogP contribution in [-0.2, 0) is 0 Å². The Bertz CT molecular complexity index is 1060. The van der Waals surface area contributed by atoms with Gasteiger partial charge in [0.15, 0.2) is 11.2 Å². The summed E-state index contributed by atoms with van der Waals surface area (Å²) in [5.41, 5.74) is 2.50. The van der Waals surface area contributed by atoms with Gasteiger partial charge in [-0.2, -0.15) is 0 Å². The Morgan fingerprint density at radius 2 is 2.08 bits per heavy atom. The molecule has 0 radical (unpaired) electrons. The highest BCUT2D eigenvalue weighted by molar-refractivity contribution is 7.15. The number of nitrogens with zero attached hydrogens (tertiary/aromatic N) is 3. The molecule has 6 nitrogen and oxygen atoms in total. The van der Waals surface area contributed by atoms with Crippen LogP contribution in [0.3, 0.4) is 0 Å². The smallest absolute Gasteiger partial charge is 0.270 e. The fourth-order valence-corrected chi connectivity index (χ4v) is 4.19. The number of benzene rings is 1. The Hall–Kier alpha value is -2.84. The third kappa shape index (κ3) is 2.24. The molecule has 0 aliphatic carbocycles. The van der Waals surface area contributed by atoms with Crippen molar-refractivity contribution in [1.82, 2.24) is 9.38 Å². The molecule has 8 heteroatoms. The van der Waals surface area contributed by atoms with E-state index in [0.717, 1.165) is 16.9 Å². The zero-order valence-electron chi connectivity index (χ0n) is 12.1. The molecule has 0 amide bonds. The summed E-state index contributed by atoms with van der Waals surface area (Å²) in [6, 6.07) is 10.2. The maximum absolute atomic E-state index is 11.7. The van der Waals surface area contributed by atoms with Gasteiger partial charge in [0.25, 0.3) is 5.69 Å². The molecule has 0 atom stereocenters. The first kappa shape index (κ1) is 14.7. The summed E-state index contributed by atoms with van der Waals surface area (Å²) in [5.74, 6) is 0. The molecule has 4 aromatic rings. The molecule has 1 aromatic carbocycles. The quantitative estimate of drug-likeness (QED) is 0.306. The summed E-state index contributed by atoms with van der Waals surface area (Å²) in [7, 11) is 0. The van der Waals surface area contributed by atoms with Crippen molar-refractivity contribution in [3.63, 3.8) is 0 Å². The van der Waals surface area contributed by atoms with Crippen LogP contribution < -0.4 is 0 Å². The average Bonchev–Trinajstić information content (AvgIpc) is 3.30. The predicted octanol–water partition coefficient (Wildman–Crippen LogP) is 4.51. The number of nitro groups is 1. The summed E-state index contributed by atoms with van der Waals surface area (Å²) >= 11 is 2.91. The number of non-ortho nitro benzene ring substituents is 1. The second-order valence-electron chi connectivity index (χ2n) is 4.99.